The summed E-state index contributed by atoms with van der Waals surface area (Å²) in [4.78, 5) is 8.41. The fourth-order valence-corrected chi connectivity index (χ4v) is 11.0. The van der Waals surface area contributed by atoms with Crippen molar-refractivity contribution in [3.8, 4) is 22.3 Å². The van der Waals surface area contributed by atoms with Gasteiger partial charge in [-0.1, -0.05) is 86.1 Å². The Morgan fingerprint density at radius 2 is 0.942 bits per heavy atom. The van der Waals surface area contributed by atoms with Crippen molar-refractivity contribution >= 4 is 48.7 Å². The molecular weight excluding hydrogens is 750 g/mol. The number of sulfone groups is 2. The van der Waals surface area contributed by atoms with Gasteiger partial charge in [0, 0.05) is 44.0 Å². The van der Waals surface area contributed by atoms with Gasteiger partial charge in [0.2, 0.25) is 19.7 Å². The summed E-state index contributed by atoms with van der Waals surface area (Å²) < 4.78 is 152. The van der Waals surface area contributed by atoms with Crippen molar-refractivity contribution in [2.75, 3.05) is 0 Å². The summed E-state index contributed by atoms with van der Waals surface area (Å²) in [6.45, 7) is 2.52. The Balaban J connectivity index is 1.54. The van der Waals surface area contributed by atoms with E-state index in [2.05, 4.69) is 0 Å². The van der Waals surface area contributed by atoms with Crippen LogP contribution in [-0.2, 0) is 19.7 Å². The molecule has 14 heteroatoms. The van der Waals surface area contributed by atoms with Gasteiger partial charge >= 0.3 is 17.8 Å². The fourth-order valence-electron chi connectivity index (χ4n) is 7.16. The summed E-state index contributed by atoms with van der Waals surface area (Å²) in [7, 11) is -9.41. The smallest absolute Gasteiger partial charge is 0.298 e. The average molecular weight is 775 g/mol. The predicted molar refractivity (Wildman–Crippen MR) is 185 cm³/mol. The number of benzene rings is 4. The zero-order chi connectivity index (χ0) is 37.8. The molecule has 2 heterocycles. The molecule has 4 aromatic rings. The van der Waals surface area contributed by atoms with Crippen LogP contribution in [0.2, 0.25) is 5.02 Å². The molecule has 7 rings (SSSR count). The van der Waals surface area contributed by atoms with Gasteiger partial charge in [-0.3, -0.25) is 4.79 Å². The number of hydrogen-bond acceptors (Lipinski definition) is 5. The normalized spacial score (nSPS) is 20.3. The molecule has 0 N–H and O–H groups in total. The van der Waals surface area contributed by atoms with E-state index in [0.29, 0.717) is 33.6 Å². The summed E-state index contributed by atoms with van der Waals surface area (Å²) in [5.74, 6) is -17.4. The second-order valence-corrected chi connectivity index (χ2v) is 16.8. The molecule has 0 saturated heterocycles. The minimum absolute atomic E-state index is 0.253. The Morgan fingerprint density at radius 3 is 1.31 bits per heavy atom. The summed E-state index contributed by atoms with van der Waals surface area (Å²) in [6, 6.07) is 19.2. The molecule has 0 bridgehead atoms. The van der Waals surface area contributed by atoms with Crippen LogP contribution in [0.3, 0.4) is 0 Å². The Hall–Kier alpha value is -4.46. The van der Waals surface area contributed by atoms with Crippen LogP contribution in [0.1, 0.15) is 48.2 Å². The second-order valence-electron chi connectivity index (χ2n) is 12.5. The van der Waals surface area contributed by atoms with E-state index in [9.17, 15) is 21.6 Å². The Bertz CT molecular complexity index is 2550. The van der Waals surface area contributed by atoms with E-state index in [0.717, 1.165) is 24.3 Å². The zero-order valence-electron chi connectivity index (χ0n) is 27.1. The van der Waals surface area contributed by atoms with Crippen molar-refractivity contribution in [3.05, 3.63) is 128 Å². The minimum Gasteiger partial charge on any atom is -0.298 e. The number of carbonyl (C=O) groups is 1. The third-order valence-corrected chi connectivity index (χ3v) is 14.0. The second kappa shape index (κ2) is 11.8. The highest BCUT2D eigenvalue weighted by molar-refractivity contribution is 7.96. The standard InChI is InChI=1S/C38H25ClF6O5S2/c1-3-28-32(26-15-11-23(17-30(26)51(28,47)48)21-7-5-20(19-46)6-8-21)34-35(37(42,43)38(44,45)36(34,40)41)33-27-16-12-24(22-9-13-25(39)14-10-22)18-31(27)52(49,50)29(33)4-2/h5-19H,3-4H2,1-2H3. The molecule has 2 aliphatic heterocycles. The van der Waals surface area contributed by atoms with Gasteiger partial charge < -0.3 is 0 Å². The minimum atomic E-state index is -6.09. The van der Waals surface area contributed by atoms with E-state index < -0.39 is 103 Å². The summed E-state index contributed by atoms with van der Waals surface area (Å²) in [5.41, 5.74) is -5.18. The SMILES string of the molecule is CCC1=C(C2=C(C3=C(CC)S(=O)(=O)c4cc(-c5ccc(C=O)cc5)ccc43)C(F)(F)C(F)(F)C2(F)F)c2ccc(-c3ccc(Cl)cc3)cc2S1(=O)=O. The first kappa shape index (κ1) is 35.9. The van der Waals surface area contributed by atoms with E-state index in [4.69, 9.17) is 11.6 Å². The number of alkyl halides is 6. The Kier molecular flexibility index (Phi) is 8.13. The zero-order valence-corrected chi connectivity index (χ0v) is 29.5. The van der Waals surface area contributed by atoms with E-state index in [1.807, 2.05) is 0 Å². The molecule has 5 nitrogen and oxygen atoms in total. The van der Waals surface area contributed by atoms with Crippen molar-refractivity contribution in [2.45, 2.75) is 54.2 Å². The van der Waals surface area contributed by atoms with Gasteiger partial charge in [-0.2, -0.15) is 26.3 Å². The average Bonchev–Trinajstić information content (AvgIpc) is 3.51. The van der Waals surface area contributed by atoms with Crippen molar-refractivity contribution in [2.24, 2.45) is 0 Å². The Morgan fingerprint density at radius 1 is 0.577 bits per heavy atom. The van der Waals surface area contributed by atoms with Crippen LogP contribution >= 0.6 is 11.6 Å². The number of fused-ring (bicyclic) bond motifs is 2. The van der Waals surface area contributed by atoms with Gasteiger partial charge in [0.05, 0.1) is 19.6 Å². The van der Waals surface area contributed by atoms with Crippen LogP contribution in [0.5, 0.6) is 0 Å². The van der Waals surface area contributed by atoms with Crippen LogP contribution in [0.4, 0.5) is 26.3 Å². The largest absolute Gasteiger partial charge is 0.380 e. The lowest BCUT2D eigenvalue weighted by molar-refractivity contribution is -0.263. The van der Waals surface area contributed by atoms with Crippen molar-refractivity contribution in [1.82, 2.24) is 0 Å². The predicted octanol–water partition coefficient (Wildman–Crippen LogP) is 10.2. The van der Waals surface area contributed by atoms with Gasteiger partial charge in [0.25, 0.3) is 0 Å². The quantitative estimate of drug-likeness (QED) is 0.138. The third-order valence-electron chi connectivity index (χ3n) is 9.65. The molecule has 0 atom stereocenters. The van der Waals surface area contributed by atoms with Gasteiger partial charge in [0.15, 0.2) is 0 Å². The van der Waals surface area contributed by atoms with Crippen LogP contribution < -0.4 is 0 Å². The lowest BCUT2D eigenvalue weighted by Gasteiger charge is -2.26. The third kappa shape index (κ3) is 4.78. The van der Waals surface area contributed by atoms with Gasteiger partial charge in [-0.15, -0.1) is 0 Å². The van der Waals surface area contributed by atoms with E-state index in [-0.39, 0.29) is 5.56 Å². The number of hydrogen-bond donors (Lipinski definition) is 0. The molecule has 4 aromatic carbocycles. The molecule has 0 fully saturated rings. The maximum absolute atomic E-state index is 16.3. The molecule has 0 unspecified atom stereocenters. The topological polar surface area (TPSA) is 85.3 Å². The number of aldehydes is 1. The van der Waals surface area contributed by atoms with Gasteiger partial charge in [0.1, 0.15) is 6.29 Å². The van der Waals surface area contributed by atoms with Crippen molar-refractivity contribution < 1.29 is 48.0 Å². The molecular formula is C38H25ClF6O5S2. The van der Waals surface area contributed by atoms with Crippen LogP contribution in [0.25, 0.3) is 33.4 Å². The number of allylic oxidation sites excluding steroid dienone is 6. The van der Waals surface area contributed by atoms with Crippen molar-refractivity contribution in [3.63, 3.8) is 0 Å². The van der Waals surface area contributed by atoms with Crippen LogP contribution in [0.15, 0.2) is 116 Å². The number of carbonyl (C=O) groups excluding carboxylic acids is 1. The molecule has 1 aliphatic carbocycles. The number of halogens is 7. The van der Waals surface area contributed by atoms with E-state index in [1.54, 1.807) is 12.1 Å². The van der Waals surface area contributed by atoms with Crippen molar-refractivity contribution in [1.29, 1.82) is 0 Å². The summed E-state index contributed by atoms with van der Waals surface area (Å²) >= 11 is 5.97. The lowest BCUT2D eigenvalue weighted by atomic mass is 9.86. The summed E-state index contributed by atoms with van der Waals surface area (Å²) in [5, 5.41) is 0.375. The number of rotatable bonds is 7. The first-order valence-electron chi connectivity index (χ1n) is 15.8. The molecule has 0 spiro atoms. The first-order chi connectivity index (χ1) is 24.4. The van der Waals surface area contributed by atoms with Gasteiger partial charge in [-0.05, 0) is 59.4 Å². The van der Waals surface area contributed by atoms with E-state index >= 15 is 26.3 Å². The van der Waals surface area contributed by atoms with E-state index in [1.165, 1.54) is 62.4 Å². The maximum atomic E-state index is 16.3. The first-order valence-corrected chi connectivity index (χ1v) is 19.2. The summed E-state index contributed by atoms with van der Waals surface area (Å²) in [6.07, 6.45) is -0.489. The highest BCUT2D eigenvalue weighted by Crippen LogP contribution is 2.67. The Labute approximate surface area is 299 Å². The van der Waals surface area contributed by atoms with Crippen LogP contribution in [-0.4, -0.2) is 40.9 Å². The monoisotopic (exact) mass is 774 g/mol. The lowest BCUT2D eigenvalue weighted by Crippen LogP contribution is -2.49. The molecule has 0 radical (unpaired) electrons. The van der Waals surface area contributed by atoms with Crippen LogP contribution in [0, 0.1) is 0 Å². The van der Waals surface area contributed by atoms with Gasteiger partial charge in [-0.25, -0.2) is 16.8 Å². The highest BCUT2D eigenvalue weighted by Gasteiger charge is 2.81. The molecule has 52 heavy (non-hydrogen) atoms. The fraction of sp³-hybridized carbons (Fsp3) is 0.184. The maximum Gasteiger partial charge on any atom is 0.380 e. The molecule has 0 aromatic heterocycles. The molecule has 0 saturated carbocycles. The molecule has 0 amide bonds. The molecule has 3 aliphatic rings. The molecule has 268 valence electrons. The highest BCUT2D eigenvalue weighted by atomic mass is 35.5.